The first-order chi connectivity index (χ1) is 9.09. The molecular weight excluding hydrogens is 260 g/mol. The molecule has 2 aromatic rings. The number of aromatic nitrogens is 1. The van der Waals surface area contributed by atoms with E-state index in [2.05, 4.69) is 16.4 Å². The summed E-state index contributed by atoms with van der Waals surface area (Å²) in [6.45, 7) is 1.98. The summed E-state index contributed by atoms with van der Waals surface area (Å²) in [4.78, 5) is 17.8. The number of carbonyl (C=O) groups is 1. The molecule has 0 aliphatic rings. The smallest absolute Gasteiger partial charge is 0.276 e. The molecule has 1 amide bonds. The molecule has 0 aliphatic heterocycles. The first kappa shape index (κ1) is 13.5. The van der Waals surface area contributed by atoms with Gasteiger partial charge in [0.05, 0.1) is 0 Å². The van der Waals surface area contributed by atoms with E-state index in [9.17, 15) is 9.90 Å². The third kappa shape index (κ3) is 3.12. The van der Waals surface area contributed by atoms with E-state index >= 15 is 0 Å². The molecule has 2 heterocycles. The fourth-order valence-corrected chi connectivity index (χ4v) is 2.50. The number of likely N-dealkylation sites (N-methyl/N-ethyl adjacent to an activating group) is 1. The van der Waals surface area contributed by atoms with Crippen molar-refractivity contribution in [2.45, 2.75) is 19.4 Å². The lowest BCUT2D eigenvalue weighted by Crippen LogP contribution is -2.36. The minimum Gasteiger partial charge on any atom is -0.505 e. The summed E-state index contributed by atoms with van der Waals surface area (Å²) in [7, 11) is 1.73. The molecule has 2 aromatic heterocycles. The lowest BCUT2D eigenvalue weighted by molar-refractivity contribution is 0.0734. The average molecular weight is 276 g/mol. The Balaban J connectivity index is 2.09. The van der Waals surface area contributed by atoms with E-state index < -0.39 is 0 Å². The second-order valence-corrected chi connectivity index (χ2v) is 5.25. The molecule has 100 valence electrons. The van der Waals surface area contributed by atoms with Crippen LogP contribution in [0.3, 0.4) is 0 Å². The van der Waals surface area contributed by atoms with Crippen LogP contribution >= 0.6 is 11.3 Å². The lowest BCUT2D eigenvalue weighted by atomic mass is 10.1. The highest BCUT2D eigenvalue weighted by atomic mass is 32.1. The normalized spacial score (nSPS) is 12.1. The number of pyridine rings is 1. The van der Waals surface area contributed by atoms with Gasteiger partial charge in [0.1, 0.15) is 5.75 Å². The van der Waals surface area contributed by atoms with E-state index in [1.807, 2.05) is 12.3 Å². The van der Waals surface area contributed by atoms with Gasteiger partial charge in [0.2, 0.25) is 0 Å². The minimum absolute atomic E-state index is 0.0449. The van der Waals surface area contributed by atoms with Gasteiger partial charge in [0, 0.05) is 19.3 Å². The van der Waals surface area contributed by atoms with Gasteiger partial charge in [0.15, 0.2) is 5.69 Å². The summed E-state index contributed by atoms with van der Waals surface area (Å²) in [6.07, 6.45) is 2.30. The molecule has 4 nitrogen and oxygen atoms in total. The Bertz CT molecular complexity index is 554. The van der Waals surface area contributed by atoms with E-state index in [0.29, 0.717) is 0 Å². The highest BCUT2D eigenvalue weighted by molar-refractivity contribution is 7.07. The molecule has 0 bridgehead atoms. The molecule has 0 fully saturated rings. The van der Waals surface area contributed by atoms with Gasteiger partial charge < -0.3 is 10.0 Å². The Morgan fingerprint density at radius 3 is 2.95 bits per heavy atom. The molecule has 19 heavy (non-hydrogen) atoms. The van der Waals surface area contributed by atoms with Crippen LogP contribution in [0, 0.1) is 0 Å². The van der Waals surface area contributed by atoms with Crippen molar-refractivity contribution >= 4 is 17.2 Å². The molecule has 0 aromatic carbocycles. The number of hydrogen-bond donors (Lipinski definition) is 1. The highest BCUT2D eigenvalue weighted by Gasteiger charge is 2.21. The summed E-state index contributed by atoms with van der Waals surface area (Å²) in [5.74, 6) is -0.345. The van der Waals surface area contributed by atoms with Crippen molar-refractivity contribution in [3.8, 4) is 5.75 Å². The van der Waals surface area contributed by atoms with Crippen LogP contribution in [-0.4, -0.2) is 34.0 Å². The standard InChI is InChI=1S/C14H16N2O2S/c1-10(8-11-5-7-19-9-11)16(2)14(18)13-12(17)4-3-6-15-13/h3-7,9-10,17H,8H2,1-2H3/t10-/m1/s1. The van der Waals surface area contributed by atoms with Crippen LogP contribution in [0.15, 0.2) is 35.2 Å². The maximum absolute atomic E-state index is 12.2. The fourth-order valence-electron chi connectivity index (χ4n) is 1.82. The van der Waals surface area contributed by atoms with E-state index in [1.54, 1.807) is 29.4 Å². The molecule has 0 radical (unpaired) electrons. The van der Waals surface area contributed by atoms with Gasteiger partial charge in [0.25, 0.3) is 5.91 Å². The summed E-state index contributed by atoms with van der Waals surface area (Å²) in [6, 6.07) is 5.17. The second-order valence-electron chi connectivity index (χ2n) is 4.47. The molecule has 0 spiro atoms. The summed E-state index contributed by atoms with van der Waals surface area (Å²) in [5, 5.41) is 13.8. The minimum atomic E-state index is -0.263. The Hall–Kier alpha value is -1.88. The summed E-state index contributed by atoms with van der Waals surface area (Å²) < 4.78 is 0. The van der Waals surface area contributed by atoms with Gasteiger partial charge in [-0.2, -0.15) is 11.3 Å². The first-order valence-corrected chi connectivity index (χ1v) is 6.96. The zero-order chi connectivity index (χ0) is 13.8. The average Bonchev–Trinajstić information content (AvgIpc) is 2.90. The molecule has 0 aliphatic carbocycles. The lowest BCUT2D eigenvalue weighted by Gasteiger charge is -2.24. The molecule has 1 atom stereocenters. The van der Waals surface area contributed by atoms with Crippen LogP contribution in [0.2, 0.25) is 0 Å². The molecule has 5 heteroatoms. The largest absolute Gasteiger partial charge is 0.505 e. The van der Waals surface area contributed by atoms with Gasteiger partial charge in [-0.1, -0.05) is 0 Å². The van der Waals surface area contributed by atoms with Crippen molar-refractivity contribution in [2.24, 2.45) is 0 Å². The third-order valence-electron chi connectivity index (χ3n) is 3.08. The zero-order valence-electron chi connectivity index (χ0n) is 10.9. The van der Waals surface area contributed by atoms with Crippen molar-refractivity contribution in [3.63, 3.8) is 0 Å². The van der Waals surface area contributed by atoms with E-state index in [4.69, 9.17) is 0 Å². The molecule has 0 saturated carbocycles. The molecular formula is C14H16N2O2S. The fraction of sp³-hybridized carbons (Fsp3) is 0.286. The molecule has 1 N–H and O–H groups in total. The van der Waals surface area contributed by atoms with E-state index in [0.717, 1.165) is 6.42 Å². The third-order valence-corrected chi connectivity index (χ3v) is 3.81. The van der Waals surface area contributed by atoms with Crippen molar-refractivity contribution in [1.82, 2.24) is 9.88 Å². The predicted octanol–water partition coefficient (Wildman–Crippen LogP) is 2.55. The Morgan fingerprint density at radius 1 is 1.53 bits per heavy atom. The van der Waals surface area contributed by atoms with E-state index in [-0.39, 0.29) is 23.4 Å². The van der Waals surface area contributed by atoms with Crippen LogP contribution < -0.4 is 0 Å². The quantitative estimate of drug-likeness (QED) is 0.933. The molecule has 2 rings (SSSR count). The maximum Gasteiger partial charge on any atom is 0.276 e. The number of nitrogens with zero attached hydrogens (tertiary/aromatic N) is 2. The van der Waals surface area contributed by atoms with Crippen molar-refractivity contribution in [3.05, 3.63) is 46.4 Å². The second kappa shape index (κ2) is 5.84. The highest BCUT2D eigenvalue weighted by Crippen LogP contribution is 2.17. The number of hydrogen-bond acceptors (Lipinski definition) is 4. The zero-order valence-corrected chi connectivity index (χ0v) is 11.7. The topological polar surface area (TPSA) is 53.4 Å². The number of carbonyl (C=O) groups excluding carboxylic acids is 1. The monoisotopic (exact) mass is 276 g/mol. The molecule has 0 unspecified atom stereocenters. The summed E-state index contributed by atoms with van der Waals surface area (Å²) in [5.41, 5.74) is 1.31. The SMILES string of the molecule is C[C@H](Cc1ccsc1)N(C)C(=O)c1ncccc1O. The van der Waals surface area contributed by atoms with Crippen molar-refractivity contribution < 1.29 is 9.90 Å². The van der Waals surface area contributed by atoms with Crippen LogP contribution in [-0.2, 0) is 6.42 Å². The summed E-state index contributed by atoms with van der Waals surface area (Å²) >= 11 is 1.64. The maximum atomic E-state index is 12.2. The predicted molar refractivity (Wildman–Crippen MR) is 75.5 cm³/mol. The Morgan fingerprint density at radius 2 is 2.32 bits per heavy atom. The van der Waals surface area contributed by atoms with Gasteiger partial charge in [-0.15, -0.1) is 0 Å². The van der Waals surface area contributed by atoms with Crippen LogP contribution in [0.5, 0.6) is 5.75 Å². The Labute approximate surface area is 116 Å². The van der Waals surface area contributed by atoms with Crippen LogP contribution in [0.1, 0.15) is 23.0 Å². The van der Waals surface area contributed by atoms with Gasteiger partial charge in [-0.25, -0.2) is 4.98 Å². The van der Waals surface area contributed by atoms with Crippen molar-refractivity contribution in [2.75, 3.05) is 7.05 Å². The number of amides is 1. The van der Waals surface area contributed by atoms with Crippen LogP contribution in [0.25, 0.3) is 0 Å². The van der Waals surface area contributed by atoms with Gasteiger partial charge in [-0.3, -0.25) is 4.79 Å². The number of thiophene rings is 1. The number of aromatic hydroxyl groups is 1. The van der Waals surface area contributed by atoms with Gasteiger partial charge >= 0.3 is 0 Å². The molecule has 0 saturated heterocycles. The van der Waals surface area contributed by atoms with Gasteiger partial charge in [-0.05, 0) is 47.9 Å². The Kier molecular flexibility index (Phi) is 4.16. The van der Waals surface area contributed by atoms with Crippen LogP contribution in [0.4, 0.5) is 0 Å². The van der Waals surface area contributed by atoms with E-state index in [1.165, 1.54) is 17.8 Å². The first-order valence-electron chi connectivity index (χ1n) is 6.02. The number of rotatable bonds is 4. The van der Waals surface area contributed by atoms with Crippen molar-refractivity contribution in [1.29, 1.82) is 0 Å².